The largest absolute Gasteiger partial charge is 0.497 e. The highest BCUT2D eigenvalue weighted by atomic mass is 16.6. The Morgan fingerprint density at radius 2 is 1.75 bits per heavy atom. The van der Waals surface area contributed by atoms with Gasteiger partial charge in [-0.3, -0.25) is 14.4 Å². The number of rotatable bonds is 5. The number of carbonyl (C=O) groups excluding carboxylic acids is 3. The Morgan fingerprint density at radius 3 is 2.43 bits per heavy atom. The van der Waals surface area contributed by atoms with Crippen LogP contribution < -0.4 is 20.9 Å². The van der Waals surface area contributed by atoms with E-state index in [-0.39, 0.29) is 30.9 Å². The Labute approximate surface area is 296 Å². The first kappa shape index (κ1) is 35.6. The smallest absolute Gasteiger partial charge is 0.408 e. The number of ether oxygens (including phenoxy) is 2. The lowest BCUT2D eigenvalue weighted by Gasteiger charge is -2.30. The molecule has 1 aromatic heterocycles. The van der Waals surface area contributed by atoms with Crippen LogP contribution in [0.2, 0.25) is 0 Å². The van der Waals surface area contributed by atoms with Gasteiger partial charge < -0.3 is 30.1 Å². The molecule has 0 spiro atoms. The third kappa shape index (κ3) is 7.47. The highest BCUT2D eigenvalue weighted by Gasteiger charge is 2.61. The molecular formula is C38H45N5O8. The van der Waals surface area contributed by atoms with Gasteiger partial charge in [0.05, 0.1) is 24.2 Å². The molecule has 0 bridgehead atoms. The summed E-state index contributed by atoms with van der Waals surface area (Å²) in [6.07, 6.45) is 6.48. The van der Waals surface area contributed by atoms with E-state index in [9.17, 15) is 29.1 Å². The fourth-order valence-electron chi connectivity index (χ4n) is 7.12. The molecule has 3 N–H and O–H groups in total. The standard InChI is InChI=1S/C38H45N5O8/c1-37(2,3)51-36(49)39-29-15-9-7-5-6-8-12-24-21-38(24,35(47)48)40-32(44)30-20-25(22-42(30)34(29)46)43-33(45)28-14-11-10-13-27(28)31(41-43)23-16-18-26(50-4)19-17-23/h8,10-14,16-19,24-25,29-30H,5-7,9,15,20-22H2,1-4H3,(H,39,49)(H,40,44)(H,47,48)/b12-8-/t24-,25-,29+,30+,38?/m1/s1. The summed E-state index contributed by atoms with van der Waals surface area (Å²) < 4.78 is 12.1. The van der Waals surface area contributed by atoms with E-state index in [1.807, 2.05) is 36.4 Å². The Kier molecular flexibility index (Phi) is 9.92. The van der Waals surface area contributed by atoms with Crippen LogP contribution in [-0.4, -0.2) is 80.5 Å². The van der Waals surface area contributed by atoms with E-state index in [1.54, 1.807) is 52.1 Å². The molecule has 270 valence electrons. The number of fused-ring (bicyclic) bond motifs is 3. The molecule has 2 fully saturated rings. The van der Waals surface area contributed by atoms with Crippen molar-refractivity contribution in [2.24, 2.45) is 5.92 Å². The number of carbonyl (C=O) groups is 4. The van der Waals surface area contributed by atoms with Gasteiger partial charge in [0.1, 0.15) is 29.0 Å². The van der Waals surface area contributed by atoms with Crippen molar-refractivity contribution in [3.8, 4) is 17.0 Å². The molecule has 2 aromatic carbocycles. The van der Waals surface area contributed by atoms with Gasteiger partial charge in [-0.05, 0) is 76.8 Å². The molecule has 1 saturated heterocycles. The molecule has 3 heterocycles. The van der Waals surface area contributed by atoms with E-state index < -0.39 is 53.1 Å². The zero-order valence-corrected chi connectivity index (χ0v) is 29.4. The number of methoxy groups -OCH3 is 1. The summed E-state index contributed by atoms with van der Waals surface area (Å²) in [6, 6.07) is 11.5. The molecule has 3 amide bonds. The Morgan fingerprint density at radius 1 is 1.02 bits per heavy atom. The highest BCUT2D eigenvalue weighted by Crippen LogP contribution is 2.45. The number of allylic oxidation sites excluding steroid dienone is 1. The van der Waals surface area contributed by atoms with Crippen molar-refractivity contribution in [2.45, 2.75) is 95.0 Å². The zero-order valence-electron chi connectivity index (χ0n) is 29.4. The summed E-state index contributed by atoms with van der Waals surface area (Å²) in [5.74, 6) is -2.04. The maximum Gasteiger partial charge on any atom is 0.408 e. The monoisotopic (exact) mass is 699 g/mol. The molecule has 2 aliphatic heterocycles. The first-order valence-electron chi connectivity index (χ1n) is 17.5. The number of nitrogens with zero attached hydrogens (tertiary/aromatic N) is 3. The normalized spacial score (nSPS) is 26.2. The average Bonchev–Trinajstić information content (AvgIpc) is 3.61. The van der Waals surface area contributed by atoms with E-state index in [4.69, 9.17) is 14.6 Å². The number of carboxylic acid groups (broad SMARTS) is 1. The van der Waals surface area contributed by atoms with Crippen LogP contribution in [0, 0.1) is 5.92 Å². The molecule has 5 atom stereocenters. The molecule has 6 rings (SSSR count). The van der Waals surface area contributed by atoms with E-state index in [2.05, 4.69) is 10.6 Å². The maximum absolute atomic E-state index is 14.5. The van der Waals surface area contributed by atoms with Crippen LogP contribution in [0.15, 0.2) is 65.5 Å². The molecule has 1 aliphatic carbocycles. The summed E-state index contributed by atoms with van der Waals surface area (Å²) in [7, 11) is 1.57. The molecule has 13 heteroatoms. The lowest BCUT2D eigenvalue weighted by Crippen LogP contribution is -2.56. The lowest BCUT2D eigenvalue weighted by molar-refractivity contribution is -0.145. The van der Waals surface area contributed by atoms with Crippen molar-refractivity contribution in [1.29, 1.82) is 0 Å². The van der Waals surface area contributed by atoms with Crippen molar-refractivity contribution in [3.05, 3.63) is 71.0 Å². The fourth-order valence-corrected chi connectivity index (χ4v) is 7.12. The number of amides is 3. The van der Waals surface area contributed by atoms with Crippen molar-refractivity contribution in [1.82, 2.24) is 25.3 Å². The fraction of sp³-hybridized carbons (Fsp3) is 0.474. The second-order valence-electron chi connectivity index (χ2n) is 14.6. The highest BCUT2D eigenvalue weighted by molar-refractivity contribution is 5.96. The number of hydrogen-bond acceptors (Lipinski definition) is 8. The van der Waals surface area contributed by atoms with Crippen LogP contribution >= 0.6 is 0 Å². The molecule has 1 unspecified atom stereocenters. The Balaban J connectivity index is 1.40. The molecule has 1 saturated carbocycles. The van der Waals surface area contributed by atoms with Gasteiger partial charge in [0.15, 0.2) is 0 Å². The van der Waals surface area contributed by atoms with Crippen LogP contribution in [0.4, 0.5) is 4.79 Å². The van der Waals surface area contributed by atoms with Crippen molar-refractivity contribution in [3.63, 3.8) is 0 Å². The minimum absolute atomic E-state index is 0.000233. The van der Waals surface area contributed by atoms with Crippen molar-refractivity contribution < 1.29 is 33.8 Å². The number of aliphatic carboxylic acids is 1. The minimum atomic E-state index is -1.49. The van der Waals surface area contributed by atoms with Gasteiger partial charge in [-0.25, -0.2) is 14.3 Å². The number of benzene rings is 2. The van der Waals surface area contributed by atoms with Gasteiger partial charge in [-0.15, -0.1) is 0 Å². The van der Waals surface area contributed by atoms with Gasteiger partial charge in [0.25, 0.3) is 5.56 Å². The predicted molar refractivity (Wildman–Crippen MR) is 189 cm³/mol. The van der Waals surface area contributed by atoms with Crippen molar-refractivity contribution in [2.75, 3.05) is 13.7 Å². The van der Waals surface area contributed by atoms with Gasteiger partial charge in [-0.2, -0.15) is 5.10 Å². The number of nitrogens with one attached hydrogen (secondary N) is 2. The van der Waals surface area contributed by atoms with Crippen LogP contribution in [0.25, 0.3) is 22.0 Å². The van der Waals surface area contributed by atoms with Gasteiger partial charge >= 0.3 is 12.1 Å². The van der Waals surface area contributed by atoms with E-state index in [0.717, 1.165) is 24.8 Å². The summed E-state index contributed by atoms with van der Waals surface area (Å²) >= 11 is 0. The third-order valence-corrected chi connectivity index (χ3v) is 9.87. The van der Waals surface area contributed by atoms with Gasteiger partial charge in [0.2, 0.25) is 11.8 Å². The van der Waals surface area contributed by atoms with Gasteiger partial charge in [0, 0.05) is 29.8 Å². The second kappa shape index (κ2) is 14.2. The Hall–Kier alpha value is -5.20. The van der Waals surface area contributed by atoms with E-state index >= 15 is 0 Å². The number of alkyl carbamates (subject to hydrolysis) is 1. The SMILES string of the molecule is COc1ccc(-c2nn([C@@H]3C[C@H]4C(=O)NC5(C(=O)O)C[C@H]5/C=C\CCCCC[C@H](NC(=O)OC(C)(C)C)C(=O)N4C3)c(=O)c3ccccc23)cc1. The maximum atomic E-state index is 14.5. The van der Waals surface area contributed by atoms with Gasteiger partial charge in [-0.1, -0.05) is 43.2 Å². The average molecular weight is 700 g/mol. The third-order valence-electron chi connectivity index (χ3n) is 9.87. The lowest BCUT2D eigenvalue weighted by atomic mass is 10.0. The number of aromatic nitrogens is 2. The first-order valence-corrected chi connectivity index (χ1v) is 17.5. The quantitative estimate of drug-likeness (QED) is 0.323. The summed E-state index contributed by atoms with van der Waals surface area (Å²) in [5, 5.41) is 21.6. The zero-order chi connectivity index (χ0) is 36.5. The van der Waals surface area contributed by atoms with Crippen LogP contribution in [0.1, 0.15) is 71.8 Å². The molecule has 3 aromatic rings. The second-order valence-corrected chi connectivity index (χ2v) is 14.6. The first-order chi connectivity index (χ1) is 24.3. The van der Waals surface area contributed by atoms with E-state index in [0.29, 0.717) is 35.1 Å². The summed E-state index contributed by atoms with van der Waals surface area (Å²) in [6.45, 7) is 5.10. The molecule has 13 nitrogen and oxygen atoms in total. The van der Waals surface area contributed by atoms with E-state index in [1.165, 1.54) is 9.58 Å². The van der Waals surface area contributed by atoms with Crippen LogP contribution in [-0.2, 0) is 19.1 Å². The predicted octanol–water partition coefficient (Wildman–Crippen LogP) is 4.59. The molecule has 51 heavy (non-hydrogen) atoms. The topological polar surface area (TPSA) is 169 Å². The Bertz CT molecular complexity index is 1920. The summed E-state index contributed by atoms with van der Waals surface area (Å²) in [4.78, 5) is 69.5. The molecular weight excluding hydrogens is 654 g/mol. The van der Waals surface area contributed by atoms with Crippen molar-refractivity contribution >= 4 is 34.6 Å². The number of hydrogen-bond donors (Lipinski definition) is 3. The minimum Gasteiger partial charge on any atom is -0.497 e. The number of carboxylic acids is 1. The molecule has 3 aliphatic rings. The van der Waals surface area contributed by atoms with Crippen LogP contribution in [0.5, 0.6) is 5.75 Å². The molecule has 0 radical (unpaired) electrons. The van der Waals surface area contributed by atoms with Crippen LogP contribution in [0.3, 0.4) is 0 Å². The summed E-state index contributed by atoms with van der Waals surface area (Å²) in [5.41, 5.74) is -1.41.